The van der Waals surface area contributed by atoms with Gasteiger partial charge in [0.2, 0.25) is 0 Å². The number of carbonyl (C=O) groups is 1. The Hall–Kier alpha value is -1.40. The molecule has 1 aromatic heterocycles. The van der Waals surface area contributed by atoms with Gasteiger partial charge in [0.1, 0.15) is 5.76 Å². The minimum Gasteiger partial charge on any atom is -0.373 e. The molecule has 1 aliphatic rings. The summed E-state index contributed by atoms with van der Waals surface area (Å²) in [5.41, 5.74) is -0.391. The zero-order chi connectivity index (χ0) is 13.8. The van der Waals surface area contributed by atoms with Crippen molar-refractivity contribution in [3.63, 3.8) is 0 Å². The Morgan fingerprint density at radius 2 is 2.21 bits per heavy atom. The summed E-state index contributed by atoms with van der Waals surface area (Å²) in [5.74, 6) is 0.767. The number of aryl methyl sites for hydroxylation is 1. The molecule has 1 aromatic rings. The Morgan fingerprint density at radius 3 is 2.79 bits per heavy atom. The largest absolute Gasteiger partial charge is 0.373 e. The molecule has 1 saturated heterocycles. The van der Waals surface area contributed by atoms with Gasteiger partial charge in [0, 0.05) is 12.6 Å². The molecule has 6 heteroatoms. The lowest BCUT2D eigenvalue weighted by Crippen LogP contribution is -2.38. The summed E-state index contributed by atoms with van der Waals surface area (Å²) < 4.78 is 5.93. The zero-order valence-corrected chi connectivity index (χ0v) is 11.5. The van der Waals surface area contributed by atoms with Gasteiger partial charge in [-0.05, 0) is 45.8 Å². The SMILES string of the molecule is Cc1cc(=O)n(C(=O)CN(C)CC2CCNCC2)o1. The van der Waals surface area contributed by atoms with E-state index in [9.17, 15) is 9.59 Å². The molecule has 0 bridgehead atoms. The molecule has 1 fully saturated rings. The third kappa shape index (κ3) is 3.78. The van der Waals surface area contributed by atoms with E-state index in [2.05, 4.69) is 5.32 Å². The van der Waals surface area contributed by atoms with Crippen LogP contribution in [0.1, 0.15) is 23.4 Å². The number of nitrogens with zero attached hydrogens (tertiary/aromatic N) is 2. The fraction of sp³-hybridized carbons (Fsp3) is 0.692. The average molecular weight is 267 g/mol. The van der Waals surface area contributed by atoms with Crippen LogP contribution in [0.4, 0.5) is 0 Å². The molecule has 0 unspecified atom stereocenters. The van der Waals surface area contributed by atoms with Gasteiger partial charge in [-0.25, -0.2) is 0 Å². The highest BCUT2D eigenvalue weighted by Crippen LogP contribution is 2.12. The van der Waals surface area contributed by atoms with Crippen molar-refractivity contribution in [1.29, 1.82) is 0 Å². The monoisotopic (exact) mass is 267 g/mol. The van der Waals surface area contributed by atoms with Gasteiger partial charge in [-0.3, -0.25) is 14.5 Å². The van der Waals surface area contributed by atoms with Gasteiger partial charge >= 0.3 is 0 Å². The van der Waals surface area contributed by atoms with Crippen molar-refractivity contribution in [1.82, 2.24) is 15.0 Å². The number of nitrogens with one attached hydrogen (secondary N) is 1. The van der Waals surface area contributed by atoms with Gasteiger partial charge < -0.3 is 9.84 Å². The third-order valence-electron chi connectivity index (χ3n) is 3.42. The van der Waals surface area contributed by atoms with Crippen LogP contribution < -0.4 is 10.9 Å². The Bertz CT molecular complexity index is 486. The number of rotatable bonds is 4. The fourth-order valence-electron chi connectivity index (χ4n) is 2.49. The predicted octanol–water partition coefficient (Wildman–Crippen LogP) is 0.321. The maximum Gasteiger partial charge on any atom is 0.290 e. The van der Waals surface area contributed by atoms with Crippen LogP contribution >= 0.6 is 0 Å². The van der Waals surface area contributed by atoms with Gasteiger partial charge in [0.05, 0.1) is 6.54 Å². The molecule has 0 spiro atoms. The lowest BCUT2D eigenvalue weighted by Gasteiger charge is -2.26. The summed E-state index contributed by atoms with van der Waals surface area (Å²) in [6, 6.07) is 1.32. The summed E-state index contributed by atoms with van der Waals surface area (Å²) in [6.45, 7) is 4.83. The minimum absolute atomic E-state index is 0.205. The second kappa shape index (κ2) is 6.16. The normalized spacial score (nSPS) is 17.0. The van der Waals surface area contributed by atoms with Crippen molar-refractivity contribution in [2.45, 2.75) is 19.8 Å². The smallest absolute Gasteiger partial charge is 0.290 e. The second-order valence-electron chi connectivity index (χ2n) is 5.26. The first kappa shape index (κ1) is 14.0. The molecule has 0 aliphatic carbocycles. The van der Waals surface area contributed by atoms with Crippen molar-refractivity contribution in [2.75, 3.05) is 33.2 Å². The van der Waals surface area contributed by atoms with E-state index in [0.717, 1.165) is 37.2 Å². The molecule has 0 amide bonds. The number of carbonyl (C=O) groups excluding carboxylic acids is 1. The lowest BCUT2D eigenvalue weighted by molar-refractivity contribution is 0.0718. The molecule has 0 atom stereocenters. The Balaban J connectivity index is 1.87. The van der Waals surface area contributed by atoms with Crippen LogP contribution in [0.25, 0.3) is 0 Å². The summed E-state index contributed by atoms with van der Waals surface area (Å²) in [7, 11) is 1.90. The molecule has 0 saturated carbocycles. The van der Waals surface area contributed by atoms with Gasteiger partial charge in [-0.2, -0.15) is 0 Å². The number of aromatic nitrogens is 1. The molecular formula is C13H21N3O3. The van der Waals surface area contributed by atoms with Gasteiger partial charge in [0.15, 0.2) is 0 Å². The summed E-state index contributed by atoms with van der Waals surface area (Å²) in [4.78, 5) is 25.4. The van der Waals surface area contributed by atoms with Crippen molar-refractivity contribution in [2.24, 2.45) is 5.92 Å². The molecule has 2 rings (SSSR count). The van der Waals surface area contributed by atoms with E-state index < -0.39 is 5.56 Å². The van der Waals surface area contributed by atoms with E-state index in [1.54, 1.807) is 6.92 Å². The van der Waals surface area contributed by atoms with E-state index in [0.29, 0.717) is 11.7 Å². The van der Waals surface area contributed by atoms with Crippen LogP contribution in [-0.4, -0.2) is 48.8 Å². The van der Waals surface area contributed by atoms with Gasteiger partial charge in [-0.1, -0.05) is 0 Å². The molecule has 1 aliphatic heterocycles. The Morgan fingerprint density at radius 1 is 1.53 bits per heavy atom. The Labute approximate surface area is 112 Å². The van der Waals surface area contributed by atoms with Gasteiger partial charge in [0.25, 0.3) is 11.5 Å². The van der Waals surface area contributed by atoms with Crippen LogP contribution in [0, 0.1) is 12.8 Å². The number of piperidine rings is 1. The maximum absolute atomic E-state index is 11.9. The average Bonchev–Trinajstić information content (AvgIpc) is 2.69. The van der Waals surface area contributed by atoms with Crippen LogP contribution in [-0.2, 0) is 0 Å². The van der Waals surface area contributed by atoms with E-state index in [4.69, 9.17) is 4.52 Å². The molecular weight excluding hydrogens is 246 g/mol. The van der Waals surface area contributed by atoms with Crippen LogP contribution in [0.15, 0.2) is 15.4 Å². The maximum atomic E-state index is 11.9. The molecule has 19 heavy (non-hydrogen) atoms. The van der Waals surface area contributed by atoms with Crippen molar-refractivity contribution >= 4 is 5.91 Å². The molecule has 106 valence electrons. The summed E-state index contributed by atoms with van der Waals surface area (Å²) in [5, 5.41) is 3.32. The second-order valence-corrected chi connectivity index (χ2v) is 5.26. The van der Waals surface area contributed by atoms with Gasteiger partial charge in [-0.15, -0.1) is 4.74 Å². The van der Waals surface area contributed by atoms with Crippen molar-refractivity contribution in [3.05, 3.63) is 22.2 Å². The first-order chi connectivity index (χ1) is 9.06. The molecule has 2 heterocycles. The highest BCUT2D eigenvalue weighted by Gasteiger charge is 2.18. The standard InChI is InChI=1S/C13H21N3O3/c1-10-7-12(17)16(19-10)13(18)9-15(2)8-11-3-5-14-6-4-11/h7,11,14H,3-6,8-9H2,1-2H3. The van der Waals surface area contributed by atoms with E-state index in [1.807, 2.05) is 11.9 Å². The zero-order valence-electron chi connectivity index (χ0n) is 11.5. The third-order valence-corrected chi connectivity index (χ3v) is 3.42. The van der Waals surface area contributed by atoms with Crippen molar-refractivity contribution < 1.29 is 9.32 Å². The molecule has 0 aromatic carbocycles. The summed E-state index contributed by atoms with van der Waals surface area (Å²) in [6.07, 6.45) is 2.27. The molecule has 1 N–H and O–H groups in total. The highest BCUT2D eigenvalue weighted by atomic mass is 16.5. The quantitative estimate of drug-likeness (QED) is 0.851. The van der Waals surface area contributed by atoms with Crippen LogP contribution in [0.3, 0.4) is 0 Å². The first-order valence-corrected chi connectivity index (χ1v) is 6.68. The fourth-order valence-corrected chi connectivity index (χ4v) is 2.49. The molecule has 6 nitrogen and oxygen atoms in total. The van der Waals surface area contributed by atoms with E-state index in [1.165, 1.54) is 6.07 Å². The number of likely N-dealkylation sites (N-methyl/N-ethyl adjacent to an activating group) is 1. The molecule has 0 radical (unpaired) electrons. The number of hydrogen-bond donors (Lipinski definition) is 1. The first-order valence-electron chi connectivity index (χ1n) is 6.68. The van der Waals surface area contributed by atoms with E-state index in [-0.39, 0.29) is 12.5 Å². The Kier molecular flexibility index (Phi) is 4.55. The van der Waals surface area contributed by atoms with Crippen LogP contribution in [0.5, 0.6) is 0 Å². The van der Waals surface area contributed by atoms with Crippen LogP contribution in [0.2, 0.25) is 0 Å². The predicted molar refractivity (Wildman–Crippen MR) is 71.4 cm³/mol. The minimum atomic E-state index is -0.391. The van der Waals surface area contributed by atoms with E-state index >= 15 is 0 Å². The summed E-state index contributed by atoms with van der Waals surface area (Å²) >= 11 is 0. The lowest BCUT2D eigenvalue weighted by atomic mass is 9.98. The van der Waals surface area contributed by atoms with Crippen molar-refractivity contribution in [3.8, 4) is 0 Å². The number of hydrogen-bond acceptors (Lipinski definition) is 5. The topological polar surface area (TPSA) is 67.5 Å². The highest BCUT2D eigenvalue weighted by molar-refractivity contribution is 5.79.